The standard InChI is InChI=1S/C5H14NO7P/c1-5(6,9)4(8)3(7)2-13-14(10,11)12/h3-4,7-9H,2,6H2,1H3,(H2,10,11,12)/t3-,4+,5+/m1/s1. The van der Waals surface area contributed by atoms with Gasteiger partial charge in [0.15, 0.2) is 0 Å². The molecular weight excluding hydrogens is 217 g/mol. The third kappa shape index (κ3) is 5.63. The van der Waals surface area contributed by atoms with Crippen molar-refractivity contribution in [3.05, 3.63) is 0 Å². The monoisotopic (exact) mass is 231 g/mol. The quantitative estimate of drug-likeness (QED) is 0.224. The minimum absolute atomic E-state index is 0.835. The smallest absolute Gasteiger partial charge is 0.388 e. The molecule has 0 aliphatic heterocycles. The fourth-order valence-electron chi connectivity index (χ4n) is 0.654. The predicted octanol–water partition coefficient (Wildman–Crippen LogP) is -2.52. The lowest BCUT2D eigenvalue weighted by atomic mass is 10.1. The van der Waals surface area contributed by atoms with Gasteiger partial charge < -0.3 is 30.8 Å². The van der Waals surface area contributed by atoms with Gasteiger partial charge >= 0.3 is 7.82 Å². The van der Waals surface area contributed by atoms with Crippen LogP contribution in [0.2, 0.25) is 0 Å². The van der Waals surface area contributed by atoms with Crippen molar-refractivity contribution in [2.75, 3.05) is 6.61 Å². The summed E-state index contributed by atoms with van der Waals surface area (Å²) in [6.45, 7) is 0.192. The molecule has 0 heterocycles. The van der Waals surface area contributed by atoms with E-state index in [1.54, 1.807) is 0 Å². The second-order valence-electron chi connectivity index (χ2n) is 3.02. The average Bonchev–Trinajstić information content (AvgIpc) is 1.95. The molecule has 0 saturated carbocycles. The van der Waals surface area contributed by atoms with E-state index in [1.165, 1.54) is 0 Å². The second kappa shape index (κ2) is 4.65. The highest BCUT2D eigenvalue weighted by Gasteiger charge is 2.33. The Morgan fingerprint density at radius 3 is 2.21 bits per heavy atom. The van der Waals surface area contributed by atoms with Crippen LogP contribution in [-0.2, 0) is 9.09 Å². The van der Waals surface area contributed by atoms with Gasteiger partial charge in [0.25, 0.3) is 0 Å². The molecule has 0 unspecified atom stereocenters. The van der Waals surface area contributed by atoms with Crippen molar-refractivity contribution >= 4 is 7.82 Å². The molecule has 0 amide bonds. The van der Waals surface area contributed by atoms with Crippen LogP contribution < -0.4 is 5.73 Å². The minimum atomic E-state index is -4.71. The molecule has 8 nitrogen and oxygen atoms in total. The highest BCUT2D eigenvalue weighted by atomic mass is 31.2. The molecule has 0 aromatic rings. The first-order chi connectivity index (χ1) is 6.04. The SMILES string of the molecule is C[C@](N)(O)[C@@H](O)[C@H](O)COP(=O)(O)O. The van der Waals surface area contributed by atoms with Gasteiger partial charge in [0, 0.05) is 0 Å². The van der Waals surface area contributed by atoms with Crippen LogP contribution in [0.15, 0.2) is 0 Å². The summed E-state index contributed by atoms with van der Waals surface area (Å²) in [6.07, 6.45) is -3.46. The van der Waals surface area contributed by atoms with Crippen molar-refractivity contribution in [3.8, 4) is 0 Å². The Hall–Kier alpha value is -0.0500. The maximum Gasteiger partial charge on any atom is 0.469 e. The molecule has 0 aliphatic carbocycles. The van der Waals surface area contributed by atoms with E-state index in [4.69, 9.17) is 30.8 Å². The van der Waals surface area contributed by atoms with E-state index in [-0.39, 0.29) is 0 Å². The van der Waals surface area contributed by atoms with Gasteiger partial charge in [-0.15, -0.1) is 0 Å². The molecular formula is C5H14NO7P. The number of hydrogen-bond donors (Lipinski definition) is 6. The Bertz CT molecular complexity index is 221. The number of phosphoric acid groups is 1. The lowest BCUT2D eigenvalue weighted by Gasteiger charge is -2.28. The summed E-state index contributed by atoms with van der Waals surface area (Å²) in [7, 11) is -4.71. The molecule has 0 aliphatic rings. The van der Waals surface area contributed by atoms with Gasteiger partial charge in [-0.25, -0.2) is 4.57 Å². The number of nitrogens with two attached hydrogens (primary N) is 1. The first-order valence-corrected chi connectivity index (χ1v) is 5.14. The molecule has 0 saturated heterocycles. The first-order valence-electron chi connectivity index (χ1n) is 3.61. The van der Waals surface area contributed by atoms with Crippen LogP contribution in [0.25, 0.3) is 0 Å². The van der Waals surface area contributed by atoms with Gasteiger partial charge in [-0.1, -0.05) is 0 Å². The summed E-state index contributed by atoms with van der Waals surface area (Å²) in [5.41, 5.74) is 2.94. The maximum absolute atomic E-state index is 10.2. The molecule has 86 valence electrons. The summed E-state index contributed by atoms with van der Waals surface area (Å²) in [6, 6.07) is 0. The van der Waals surface area contributed by atoms with Crippen LogP contribution in [0.1, 0.15) is 6.92 Å². The molecule has 0 aromatic carbocycles. The molecule has 7 N–H and O–H groups in total. The zero-order valence-corrected chi connectivity index (χ0v) is 8.33. The number of aliphatic hydroxyl groups excluding tert-OH is 2. The molecule has 9 heteroatoms. The maximum atomic E-state index is 10.2. The van der Waals surface area contributed by atoms with E-state index in [9.17, 15) is 4.57 Å². The number of aliphatic hydroxyl groups is 3. The topological polar surface area (TPSA) is 153 Å². The molecule has 0 spiro atoms. The van der Waals surface area contributed by atoms with Gasteiger partial charge in [0.2, 0.25) is 0 Å². The normalized spacial score (nSPS) is 21.4. The highest BCUT2D eigenvalue weighted by molar-refractivity contribution is 7.46. The van der Waals surface area contributed by atoms with Crippen LogP contribution in [-0.4, -0.2) is 49.6 Å². The lowest BCUT2D eigenvalue weighted by Crippen LogP contribution is -2.54. The molecule has 0 rings (SSSR count). The fraction of sp³-hybridized carbons (Fsp3) is 1.00. The zero-order valence-electron chi connectivity index (χ0n) is 7.44. The Labute approximate surface area is 80.2 Å². The van der Waals surface area contributed by atoms with Crippen molar-refractivity contribution in [3.63, 3.8) is 0 Å². The molecule has 0 aromatic heterocycles. The molecule has 0 radical (unpaired) electrons. The number of hydrogen-bond acceptors (Lipinski definition) is 6. The second-order valence-corrected chi connectivity index (χ2v) is 4.26. The summed E-state index contributed by atoms with van der Waals surface area (Å²) in [5.74, 6) is 0. The largest absolute Gasteiger partial charge is 0.469 e. The Morgan fingerprint density at radius 1 is 1.50 bits per heavy atom. The van der Waals surface area contributed by atoms with Gasteiger partial charge in [-0.2, -0.15) is 0 Å². The number of rotatable bonds is 5. The van der Waals surface area contributed by atoms with E-state index in [2.05, 4.69) is 4.52 Å². The Morgan fingerprint density at radius 2 is 1.93 bits per heavy atom. The molecule has 3 atom stereocenters. The predicted molar refractivity (Wildman–Crippen MR) is 44.8 cm³/mol. The third-order valence-electron chi connectivity index (χ3n) is 1.38. The van der Waals surface area contributed by atoms with E-state index in [1.807, 2.05) is 0 Å². The fourth-order valence-corrected chi connectivity index (χ4v) is 1.00. The lowest BCUT2D eigenvalue weighted by molar-refractivity contribution is -0.122. The van der Waals surface area contributed by atoms with Crippen molar-refractivity contribution in [1.82, 2.24) is 0 Å². The molecule has 14 heavy (non-hydrogen) atoms. The Balaban J connectivity index is 4.10. The van der Waals surface area contributed by atoms with Gasteiger partial charge in [-0.05, 0) is 6.92 Å². The van der Waals surface area contributed by atoms with Crippen molar-refractivity contribution in [1.29, 1.82) is 0 Å². The zero-order chi connectivity index (χ0) is 11.6. The Kier molecular flexibility index (Phi) is 4.63. The van der Waals surface area contributed by atoms with Gasteiger partial charge in [0.05, 0.1) is 6.61 Å². The first kappa shape index (κ1) is 13.9. The van der Waals surface area contributed by atoms with Crippen molar-refractivity contribution in [2.45, 2.75) is 24.9 Å². The van der Waals surface area contributed by atoms with Crippen LogP contribution in [0.4, 0.5) is 0 Å². The molecule has 0 fully saturated rings. The van der Waals surface area contributed by atoms with Crippen LogP contribution in [0, 0.1) is 0 Å². The van der Waals surface area contributed by atoms with Gasteiger partial charge in [0.1, 0.15) is 17.9 Å². The summed E-state index contributed by atoms with van der Waals surface area (Å²) in [5, 5.41) is 27.2. The molecule has 0 bridgehead atoms. The average molecular weight is 231 g/mol. The minimum Gasteiger partial charge on any atom is -0.388 e. The third-order valence-corrected chi connectivity index (χ3v) is 1.86. The van der Waals surface area contributed by atoms with Crippen LogP contribution in [0.3, 0.4) is 0 Å². The van der Waals surface area contributed by atoms with E-state index in [0.29, 0.717) is 0 Å². The van der Waals surface area contributed by atoms with Crippen molar-refractivity contribution < 1.29 is 34.2 Å². The summed E-state index contributed by atoms with van der Waals surface area (Å²) >= 11 is 0. The summed E-state index contributed by atoms with van der Waals surface area (Å²) < 4.78 is 14.1. The van der Waals surface area contributed by atoms with E-state index in [0.717, 1.165) is 6.92 Å². The number of phosphoric ester groups is 1. The van der Waals surface area contributed by atoms with E-state index >= 15 is 0 Å². The van der Waals surface area contributed by atoms with Crippen LogP contribution >= 0.6 is 7.82 Å². The highest BCUT2D eigenvalue weighted by Crippen LogP contribution is 2.35. The van der Waals surface area contributed by atoms with Crippen molar-refractivity contribution in [2.24, 2.45) is 5.73 Å². The summed E-state index contributed by atoms with van der Waals surface area (Å²) in [4.78, 5) is 16.5. The van der Waals surface area contributed by atoms with Crippen LogP contribution in [0.5, 0.6) is 0 Å². The van der Waals surface area contributed by atoms with E-state index < -0.39 is 32.4 Å². The van der Waals surface area contributed by atoms with Gasteiger partial charge in [-0.3, -0.25) is 4.52 Å².